The van der Waals surface area contributed by atoms with Crippen LogP contribution in [0.25, 0.3) is 21.8 Å². The lowest BCUT2D eigenvalue weighted by atomic mass is 10.1. The molecule has 160 valence electrons. The first-order chi connectivity index (χ1) is 15.5. The highest BCUT2D eigenvalue weighted by Gasteiger charge is 2.27. The zero-order valence-electron chi connectivity index (χ0n) is 16.5. The van der Waals surface area contributed by atoms with E-state index in [9.17, 15) is 4.79 Å². The second-order valence-corrected chi connectivity index (χ2v) is 9.31. The van der Waals surface area contributed by atoms with E-state index in [0.29, 0.717) is 33.0 Å². The Morgan fingerprint density at radius 1 is 1.00 bits per heavy atom. The predicted octanol–water partition coefficient (Wildman–Crippen LogP) is 7.36. The predicted molar refractivity (Wildman–Crippen MR) is 131 cm³/mol. The van der Waals surface area contributed by atoms with Gasteiger partial charge in [0.25, 0.3) is 5.91 Å². The van der Waals surface area contributed by atoms with Gasteiger partial charge in [0.1, 0.15) is 10.8 Å². The molecule has 4 nitrogen and oxygen atoms in total. The summed E-state index contributed by atoms with van der Waals surface area (Å²) in [6, 6.07) is 18.6. The van der Waals surface area contributed by atoms with Crippen LogP contribution in [0, 0.1) is 0 Å². The molecule has 0 radical (unpaired) electrons. The van der Waals surface area contributed by atoms with Gasteiger partial charge in [-0.25, -0.2) is 4.98 Å². The topological polar surface area (TPSA) is 42.4 Å². The molecule has 0 atom stereocenters. The van der Waals surface area contributed by atoms with E-state index in [1.165, 1.54) is 11.3 Å². The Hall–Kier alpha value is -2.57. The van der Waals surface area contributed by atoms with Crippen molar-refractivity contribution >= 4 is 57.7 Å². The van der Waals surface area contributed by atoms with Gasteiger partial charge in [-0.3, -0.25) is 4.79 Å². The van der Waals surface area contributed by atoms with Crippen molar-refractivity contribution in [1.29, 1.82) is 0 Å². The maximum absolute atomic E-state index is 12.7. The highest BCUT2D eigenvalue weighted by Crippen LogP contribution is 2.39. The molecular weight excluding hydrogens is 487 g/mol. The fourth-order valence-corrected chi connectivity index (χ4v) is 5.14. The molecule has 1 aromatic heterocycles. The lowest BCUT2D eigenvalue weighted by Crippen LogP contribution is -2.38. The Morgan fingerprint density at radius 3 is 2.66 bits per heavy atom. The molecule has 0 N–H and O–H groups in total. The standard InChI is InChI=1S/C24H15Cl3N2O2S/c25-16-7-5-15(19(27)10-16)11-29-21-9-14(6-8-22(21)31-12-23(29)30)20-13-32-24(28-20)17-3-1-2-4-18(17)26/h1-10,13H,11-12H2. The van der Waals surface area contributed by atoms with Crippen LogP contribution >= 0.6 is 46.1 Å². The van der Waals surface area contributed by atoms with E-state index in [-0.39, 0.29) is 12.5 Å². The van der Waals surface area contributed by atoms with Crippen molar-refractivity contribution in [2.45, 2.75) is 6.54 Å². The molecule has 2 heterocycles. The molecule has 32 heavy (non-hydrogen) atoms. The number of thiazole rings is 1. The smallest absolute Gasteiger partial charge is 0.265 e. The van der Waals surface area contributed by atoms with Crippen LogP contribution in [-0.2, 0) is 11.3 Å². The van der Waals surface area contributed by atoms with Crippen LogP contribution in [0.1, 0.15) is 5.56 Å². The van der Waals surface area contributed by atoms with Gasteiger partial charge in [0.15, 0.2) is 6.61 Å². The van der Waals surface area contributed by atoms with Crippen LogP contribution in [0.15, 0.2) is 66.0 Å². The molecule has 0 saturated heterocycles. The average molecular weight is 502 g/mol. The number of amides is 1. The van der Waals surface area contributed by atoms with E-state index >= 15 is 0 Å². The summed E-state index contributed by atoms with van der Waals surface area (Å²) in [6.45, 7) is 0.293. The number of hydrogen-bond donors (Lipinski definition) is 0. The summed E-state index contributed by atoms with van der Waals surface area (Å²) in [4.78, 5) is 19.2. The van der Waals surface area contributed by atoms with Crippen LogP contribution < -0.4 is 9.64 Å². The Balaban J connectivity index is 1.50. The molecule has 4 aromatic rings. The summed E-state index contributed by atoms with van der Waals surface area (Å²) in [5, 5.41) is 4.53. The molecule has 3 aromatic carbocycles. The van der Waals surface area contributed by atoms with Crippen LogP contribution in [0.4, 0.5) is 5.69 Å². The molecule has 8 heteroatoms. The normalized spacial score (nSPS) is 13.1. The van der Waals surface area contributed by atoms with Gasteiger partial charge >= 0.3 is 0 Å². The summed E-state index contributed by atoms with van der Waals surface area (Å²) in [7, 11) is 0. The van der Waals surface area contributed by atoms with Gasteiger partial charge in [0.2, 0.25) is 0 Å². The van der Waals surface area contributed by atoms with Crippen molar-refractivity contribution in [3.63, 3.8) is 0 Å². The van der Waals surface area contributed by atoms with Crippen LogP contribution in [0.3, 0.4) is 0 Å². The number of carbonyl (C=O) groups is 1. The van der Waals surface area contributed by atoms with E-state index in [1.54, 1.807) is 17.0 Å². The summed E-state index contributed by atoms with van der Waals surface area (Å²) >= 11 is 20.2. The molecule has 1 aliphatic rings. The molecule has 0 unspecified atom stereocenters. The molecule has 1 aliphatic heterocycles. The first-order valence-corrected chi connectivity index (χ1v) is 11.7. The highest BCUT2D eigenvalue weighted by atomic mass is 35.5. The minimum atomic E-state index is -0.143. The number of benzene rings is 3. The average Bonchev–Trinajstić information content (AvgIpc) is 3.27. The lowest BCUT2D eigenvalue weighted by molar-refractivity contribution is -0.121. The molecule has 5 rings (SSSR count). The second-order valence-electron chi connectivity index (χ2n) is 7.20. The van der Waals surface area contributed by atoms with Gasteiger partial charge in [0, 0.05) is 26.6 Å². The van der Waals surface area contributed by atoms with E-state index in [4.69, 9.17) is 44.5 Å². The third-order valence-corrected chi connectivity index (χ3v) is 6.94. The largest absolute Gasteiger partial charge is 0.482 e. The molecule has 0 saturated carbocycles. The minimum absolute atomic E-state index is 0.0229. The van der Waals surface area contributed by atoms with Gasteiger partial charge < -0.3 is 9.64 Å². The van der Waals surface area contributed by atoms with Crippen LogP contribution in [0.2, 0.25) is 15.1 Å². The highest BCUT2D eigenvalue weighted by molar-refractivity contribution is 7.13. The number of ether oxygens (including phenoxy) is 1. The van der Waals surface area contributed by atoms with Crippen molar-refractivity contribution in [1.82, 2.24) is 4.98 Å². The SMILES string of the molecule is O=C1COc2ccc(-c3csc(-c4ccccc4Cl)n3)cc2N1Cc1ccc(Cl)cc1Cl. The van der Waals surface area contributed by atoms with Crippen molar-refractivity contribution in [2.24, 2.45) is 0 Å². The van der Waals surface area contributed by atoms with Gasteiger partial charge in [-0.05, 0) is 42.0 Å². The van der Waals surface area contributed by atoms with Gasteiger partial charge in [-0.1, -0.05) is 59.1 Å². The number of hydrogen-bond acceptors (Lipinski definition) is 4. The van der Waals surface area contributed by atoms with Crippen LogP contribution in [-0.4, -0.2) is 17.5 Å². The monoisotopic (exact) mass is 500 g/mol. The number of carbonyl (C=O) groups excluding carboxylic acids is 1. The molecule has 0 aliphatic carbocycles. The summed E-state index contributed by atoms with van der Waals surface area (Å²) < 4.78 is 5.65. The lowest BCUT2D eigenvalue weighted by Gasteiger charge is -2.30. The Bertz CT molecular complexity index is 1340. The quantitative estimate of drug-likeness (QED) is 0.293. The number of rotatable bonds is 4. The summed E-state index contributed by atoms with van der Waals surface area (Å²) in [5.74, 6) is 0.496. The summed E-state index contributed by atoms with van der Waals surface area (Å²) in [5.41, 5.74) is 4.05. The number of halogens is 3. The fraction of sp³-hybridized carbons (Fsp3) is 0.0833. The van der Waals surface area contributed by atoms with E-state index in [1.807, 2.05) is 53.9 Å². The Morgan fingerprint density at radius 2 is 1.84 bits per heavy atom. The summed E-state index contributed by atoms with van der Waals surface area (Å²) in [6.07, 6.45) is 0. The fourth-order valence-electron chi connectivity index (χ4n) is 3.52. The van der Waals surface area contributed by atoms with E-state index in [0.717, 1.165) is 27.4 Å². The van der Waals surface area contributed by atoms with Crippen molar-refractivity contribution in [3.8, 4) is 27.6 Å². The molecule has 1 amide bonds. The minimum Gasteiger partial charge on any atom is -0.482 e. The van der Waals surface area contributed by atoms with Crippen LogP contribution in [0.5, 0.6) is 5.75 Å². The molecular formula is C24H15Cl3N2O2S. The van der Waals surface area contributed by atoms with E-state index < -0.39 is 0 Å². The number of aromatic nitrogens is 1. The molecule has 0 spiro atoms. The van der Waals surface area contributed by atoms with E-state index in [2.05, 4.69) is 0 Å². The third-order valence-electron chi connectivity index (χ3n) is 5.15. The Kier molecular flexibility index (Phi) is 5.82. The van der Waals surface area contributed by atoms with Gasteiger partial charge in [-0.15, -0.1) is 11.3 Å². The molecule has 0 fully saturated rings. The van der Waals surface area contributed by atoms with Crippen molar-refractivity contribution in [2.75, 3.05) is 11.5 Å². The third kappa shape index (κ3) is 4.09. The number of nitrogens with zero attached hydrogens (tertiary/aromatic N) is 2. The Labute approximate surface area is 203 Å². The first-order valence-electron chi connectivity index (χ1n) is 9.71. The van der Waals surface area contributed by atoms with Gasteiger partial charge in [-0.2, -0.15) is 0 Å². The number of anilines is 1. The van der Waals surface area contributed by atoms with Crippen molar-refractivity contribution < 1.29 is 9.53 Å². The van der Waals surface area contributed by atoms with Gasteiger partial charge in [0.05, 0.1) is 22.9 Å². The number of fused-ring (bicyclic) bond motifs is 1. The maximum atomic E-state index is 12.7. The first kappa shape index (κ1) is 21.3. The maximum Gasteiger partial charge on any atom is 0.265 e. The zero-order valence-corrected chi connectivity index (χ0v) is 19.6. The zero-order chi connectivity index (χ0) is 22.2. The molecule has 0 bridgehead atoms. The second kappa shape index (κ2) is 8.75. The van der Waals surface area contributed by atoms with Crippen molar-refractivity contribution in [3.05, 3.63) is 86.7 Å².